The number of halogens is 2. The second-order valence-electron chi connectivity index (χ2n) is 7.25. The van der Waals surface area contributed by atoms with Crippen LogP contribution in [0.3, 0.4) is 0 Å². The Morgan fingerprint density at radius 1 is 1.03 bits per heavy atom. The highest BCUT2D eigenvalue weighted by atomic mass is 35.5. The summed E-state index contributed by atoms with van der Waals surface area (Å²) in [6, 6.07) is 19.5. The number of benzene rings is 3. The van der Waals surface area contributed by atoms with Crippen LogP contribution in [-0.2, 0) is 9.53 Å². The summed E-state index contributed by atoms with van der Waals surface area (Å²) in [5, 5.41) is 0.223. The lowest BCUT2D eigenvalue weighted by Gasteiger charge is -2.37. The van der Waals surface area contributed by atoms with Crippen LogP contribution in [-0.4, -0.2) is 31.7 Å². The molecule has 1 aliphatic heterocycles. The van der Waals surface area contributed by atoms with Gasteiger partial charge in [-0.1, -0.05) is 65.7 Å². The van der Waals surface area contributed by atoms with Gasteiger partial charge >= 0.3 is 5.97 Å². The highest BCUT2D eigenvalue weighted by Crippen LogP contribution is 2.40. The summed E-state index contributed by atoms with van der Waals surface area (Å²) < 4.78 is 16.6. The van der Waals surface area contributed by atoms with Gasteiger partial charge in [0.2, 0.25) is 0 Å². The van der Waals surface area contributed by atoms with Crippen molar-refractivity contribution in [2.75, 3.05) is 24.7 Å². The number of nitrogens with zero attached hydrogens (tertiary/aromatic N) is 1. The second-order valence-corrected chi connectivity index (χ2v) is 8.06. The summed E-state index contributed by atoms with van der Waals surface area (Å²) >= 11 is 12.6. The van der Waals surface area contributed by atoms with Crippen molar-refractivity contribution in [3.63, 3.8) is 0 Å². The van der Waals surface area contributed by atoms with Crippen molar-refractivity contribution in [3.8, 4) is 11.5 Å². The van der Waals surface area contributed by atoms with Crippen LogP contribution in [0.5, 0.6) is 11.5 Å². The fraction of sp³-hybridized carbons (Fsp3) is 0.200. The maximum Gasteiger partial charge on any atom is 0.338 e. The largest absolute Gasteiger partial charge is 0.489 e. The molecular weight excluding hydrogens is 465 g/mol. The molecule has 1 aliphatic rings. The van der Waals surface area contributed by atoms with Gasteiger partial charge < -0.3 is 14.2 Å². The summed E-state index contributed by atoms with van der Waals surface area (Å²) in [5.41, 5.74) is 1.80. The van der Waals surface area contributed by atoms with E-state index in [2.05, 4.69) is 0 Å². The lowest BCUT2D eigenvalue weighted by Crippen LogP contribution is -2.43. The van der Waals surface area contributed by atoms with Gasteiger partial charge in [-0.25, -0.2) is 4.79 Å². The number of fused-ring (bicyclic) bond motifs is 1. The van der Waals surface area contributed by atoms with Crippen LogP contribution in [0.25, 0.3) is 0 Å². The van der Waals surface area contributed by atoms with E-state index < -0.39 is 5.97 Å². The maximum atomic E-state index is 13.4. The fourth-order valence-electron chi connectivity index (χ4n) is 3.65. The molecule has 3 aromatic rings. The minimum absolute atomic E-state index is 0.111. The summed E-state index contributed by atoms with van der Waals surface area (Å²) in [5.74, 6) is -0.0915. The van der Waals surface area contributed by atoms with Gasteiger partial charge in [-0.2, -0.15) is 0 Å². The lowest BCUT2D eigenvalue weighted by atomic mass is 10.0. The molecule has 1 amide bonds. The molecule has 4 rings (SSSR count). The first-order valence-electron chi connectivity index (χ1n) is 10.4. The normalized spacial score (nSPS) is 14.8. The van der Waals surface area contributed by atoms with Gasteiger partial charge in [0.25, 0.3) is 5.91 Å². The summed E-state index contributed by atoms with van der Waals surface area (Å²) in [6.07, 6.45) is 0. The molecule has 3 aromatic carbocycles. The number of hydrogen-bond acceptors (Lipinski definition) is 5. The van der Waals surface area contributed by atoms with E-state index in [4.69, 9.17) is 37.4 Å². The van der Waals surface area contributed by atoms with Crippen molar-refractivity contribution in [1.82, 2.24) is 0 Å². The van der Waals surface area contributed by atoms with Crippen molar-refractivity contribution in [1.29, 1.82) is 0 Å². The SMILES string of the molecule is CCOC(=O)c1cc(Cl)c(OCC(=O)N2c3ccccc3OC[C@H]2c2ccccc2)c(Cl)c1. The number of hydrogen-bond donors (Lipinski definition) is 0. The van der Waals surface area contributed by atoms with Gasteiger partial charge in [0.05, 0.1) is 33.9 Å². The Morgan fingerprint density at radius 3 is 2.39 bits per heavy atom. The Hall–Kier alpha value is -3.22. The van der Waals surface area contributed by atoms with Crippen LogP contribution < -0.4 is 14.4 Å². The molecule has 0 saturated carbocycles. The zero-order valence-corrected chi connectivity index (χ0v) is 19.3. The third kappa shape index (κ3) is 4.92. The topological polar surface area (TPSA) is 65.1 Å². The van der Waals surface area contributed by atoms with E-state index in [9.17, 15) is 9.59 Å². The molecule has 0 fully saturated rings. The first-order chi connectivity index (χ1) is 16.0. The quantitative estimate of drug-likeness (QED) is 0.418. The zero-order chi connectivity index (χ0) is 23.4. The standard InChI is InChI=1S/C25H21Cl2NO5/c1-2-31-25(30)17-12-18(26)24(19(27)13-17)33-15-23(29)28-20-10-6-7-11-22(20)32-14-21(28)16-8-4-3-5-9-16/h3-13,21H,2,14-15H2,1H3/t21-/m0/s1. The molecule has 1 heterocycles. The van der Waals surface area contributed by atoms with E-state index in [1.807, 2.05) is 54.6 Å². The predicted octanol–water partition coefficient (Wildman–Crippen LogP) is 5.72. The molecule has 0 saturated heterocycles. The van der Waals surface area contributed by atoms with Crippen LogP contribution in [0.4, 0.5) is 5.69 Å². The molecule has 0 spiro atoms. The van der Waals surface area contributed by atoms with E-state index in [1.54, 1.807) is 11.8 Å². The van der Waals surface area contributed by atoms with E-state index in [0.717, 1.165) is 5.56 Å². The van der Waals surface area contributed by atoms with Gasteiger partial charge in [-0.3, -0.25) is 9.69 Å². The van der Waals surface area contributed by atoms with E-state index >= 15 is 0 Å². The molecule has 0 N–H and O–H groups in total. The molecule has 0 unspecified atom stereocenters. The first kappa shape index (κ1) is 23.0. The van der Waals surface area contributed by atoms with Gasteiger partial charge in [0.1, 0.15) is 12.4 Å². The smallest absolute Gasteiger partial charge is 0.338 e. The molecule has 0 radical (unpaired) electrons. The Labute approximate surface area is 201 Å². The van der Waals surface area contributed by atoms with Crippen molar-refractivity contribution in [2.24, 2.45) is 0 Å². The highest BCUT2D eigenvalue weighted by Gasteiger charge is 2.33. The number of esters is 1. The molecule has 33 heavy (non-hydrogen) atoms. The molecular formula is C25H21Cl2NO5. The molecule has 8 heteroatoms. The molecule has 0 bridgehead atoms. The molecule has 170 valence electrons. The lowest BCUT2D eigenvalue weighted by molar-refractivity contribution is -0.121. The molecule has 6 nitrogen and oxygen atoms in total. The van der Waals surface area contributed by atoms with Crippen LogP contribution in [0.1, 0.15) is 28.9 Å². The Bertz CT molecular complexity index is 1150. The average Bonchev–Trinajstić information content (AvgIpc) is 2.83. The van der Waals surface area contributed by atoms with Gasteiger partial charge in [-0.15, -0.1) is 0 Å². The Morgan fingerprint density at radius 2 is 1.70 bits per heavy atom. The van der Waals surface area contributed by atoms with Crippen molar-refractivity contribution in [3.05, 3.63) is 87.9 Å². The average molecular weight is 486 g/mol. The molecule has 1 atom stereocenters. The number of para-hydroxylation sites is 2. The number of amides is 1. The van der Waals surface area contributed by atoms with E-state index in [0.29, 0.717) is 18.0 Å². The van der Waals surface area contributed by atoms with Gasteiger partial charge in [0.15, 0.2) is 12.4 Å². The van der Waals surface area contributed by atoms with E-state index in [1.165, 1.54) is 12.1 Å². The number of ether oxygens (including phenoxy) is 3. The zero-order valence-electron chi connectivity index (χ0n) is 17.8. The van der Waals surface area contributed by atoms with Crippen molar-refractivity contribution >= 4 is 40.8 Å². The number of carbonyl (C=O) groups excluding carboxylic acids is 2. The van der Waals surface area contributed by atoms with Crippen LogP contribution in [0.2, 0.25) is 10.0 Å². The Kier molecular flexibility index (Phi) is 7.06. The summed E-state index contributed by atoms with van der Waals surface area (Å²) in [6.45, 7) is 1.93. The monoisotopic (exact) mass is 485 g/mol. The Balaban J connectivity index is 1.58. The number of rotatable bonds is 6. The summed E-state index contributed by atoms with van der Waals surface area (Å²) in [4.78, 5) is 27.0. The van der Waals surface area contributed by atoms with Gasteiger partial charge in [0, 0.05) is 0 Å². The fourth-order valence-corrected chi connectivity index (χ4v) is 4.25. The second kappa shape index (κ2) is 10.1. The number of anilines is 1. The highest BCUT2D eigenvalue weighted by molar-refractivity contribution is 6.37. The van der Waals surface area contributed by atoms with Gasteiger partial charge in [-0.05, 0) is 36.8 Å². The first-order valence-corrected chi connectivity index (χ1v) is 11.1. The van der Waals surface area contributed by atoms with Crippen LogP contribution in [0.15, 0.2) is 66.7 Å². The molecule has 0 aliphatic carbocycles. The third-order valence-electron chi connectivity index (χ3n) is 5.14. The van der Waals surface area contributed by atoms with Crippen LogP contribution in [0, 0.1) is 0 Å². The minimum atomic E-state index is -0.542. The van der Waals surface area contributed by atoms with Crippen molar-refractivity contribution < 1.29 is 23.8 Å². The minimum Gasteiger partial charge on any atom is -0.489 e. The third-order valence-corrected chi connectivity index (χ3v) is 5.70. The molecule has 0 aromatic heterocycles. The predicted molar refractivity (Wildman–Crippen MR) is 127 cm³/mol. The van der Waals surface area contributed by atoms with Crippen molar-refractivity contribution in [2.45, 2.75) is 13.0 Å². The van der Waals surface area contributed by atoms with E-state index in [-0.39, 0.29) is 46.5 Å². The number of carbonyl (C=O) groups is 2. The maximum absolute atomic E-state index is 13.4. The van der Waals surface area contributed by atoms with Crippen LogP contribution >= 0.6 is 23.2 Å². The summed E-state index contributed by atoms with van der Waals surface area (Å²) in [7, 11) is 0.